The first-order chi connectivity index (χ1) is 15.7. The van der Waals surface area contributed by atoms with Gasteiger partial charge in [-0.15, -0.1) is 5.10 Å². The molecule has 0 saturated carbocycles. The minimum Gasteiger partial charge on any atom is -0.497 e. The molecule has 1 aliphatic carbocycles. The summed E-state index contributed by atoms with van der Waals surface area (Å²) in [6, 6.07) is 13.2. The Morgan fingerprint density at radius 1 is 1.12 bits per heavy atom. The van der Waals surface area contributed by atoms with Crippen molar-refractivity contribution in [2.45, 2.75) is 31.0 Å². The third-order valence-corrected chi connectivity index (χ3v) is 6.18. The van der Waals surface area contributed by atoms with Crippen LogP contribution in [0.3, 0.4) is 0 Å². The van der Waals surface area contributed by atoms with E-state index >= 15 is 0 Å². The van der Waals surface area contributed by atoms with Gasteiger partial charge in [0.1, 0.15) is 11.8 Å². The van der Waals surface area contributed by atoms with Gasteiger partial charge in [0.2, 0.25) is 5.95 Å². The van der Waals surface area contributed by atoms with Crippen LogP contribution in [0.5, 0.6) is 5.75 Å². The van der Waals surface area contributed by atoms with Crippen LogP contribution in [0, 0.1) is 0 Å². The molecule has 1 aliphatic heterocycles. The number of hydrogen-bond acceptors (Lipinski definition) is 5. The zero-order valence-corrected chi connectivity index (χ0v) is 18.1. The van der Waals surface area contributed by atoms with Crippen LogP contribution in [0.15, 0.2) is 59.8 Å². The van der Waals surface area contributed by atoms with E-state index in [1.165, 1.54) is 0 Å². The number of carbonyl (C=O) groups excluding carboxylic acids is 1. The predicted molar refractivity (Wildman–Crippen MR) is 115 cm³/mol. The fourth-order valence-corrected chi connectivity index (χ4v) is 4.54. The standard InChI is InChI=1S/C23H18ClF3N4O2/c1-33-16-4-2-3-13(9-16)14-10-17-19(18(32)11-14)20(12-5-7-15(24)8-6-12)31-22(28-17)29-21(30-31)23(25,26)27/h2-9,14,20H,10-11H2,1H3,(H,28,29,30)/t14-,20-/m0/s1. The van der Waals surface area contributed by atoms with Crippen molar-refractivity contribution in [2.24, 2.45) is 0 Å². The fourth-order valence-electron chi connectivity index (χ4n) is 4.42. The summed E-state index contributed by atoms with van der Waals surface area (Å²) < 4.78 is 46.6. The summed E-state index contributed by atoms with van der Waals surface area (Å²) >= 11 is 6.01. The maximum absolute atomic E-state index is 13.4. The van der Waals surface area contributed by atoms with E-state index in [0.29, 0.717) is 34.0 Å². The number of ketones is 1. The average Bonchev–Trinajstić information content (AvgIpc) is 3.23. The topological polar surface area (TPSA) is 69.0 Å². The number of halogens is 4. The number of nitrogens with zero attached hydrogens (tertiary/aromatic N) is 3. The molecule has 6 nitrogen and oxygen atoms in total. The Morgan fingerprint density at radius 2 is 1.88 bits per heavy atom. The van der Waals surface area contributed by atoms with Crippen LogP contribution in [0.1, 0.15) is 41.8 Å². The van der Waals surface area contributed by atoms with E-state index in [2.05, 4.69) is 15.4 Å². The lowest BCUT2D eigenvalue weighted by Crippen LogP contribution is -2.33. The van der Waals surface area contributed by atoms with Crippen LogP contribution in [0.4, 0.5) is 19.1 Å². The highest BCUT2D eigenvalue weighted by atomic mass is 35.5. The monoisotopic (exact) mass is 474 g/mol. The molecule has 1 aromatic heterocycles. The van der Waals surface area contributed by atoms with Crippen LogP contribution in [0.25, 0.3) is 0 Å². The molecule has 0 spiro atoms. The largest absolute Gasteiger partial charge is 0.497 e. The van der Waals surface area contributed by atoms with Gasteiger partial charge in [-0.3, -0.25) is 4.79 Å². The molecule has 5 rings (SSSR count). The van der Waals surface area contributed by atoms with Crippen molar-refractivity contribution >= 4 is 23.3 Å². The van der Waals surface area contributed by atoms with Crippen molar-refractivity contribution < 1.29 is 22.7 Å². The Kier molecular flexibility index (Phi) is 5.16. The molecule has 2 heterocycles. The second-order valence-corrected chi connectivity index (χ2v) is 8.41. The van der Waals surface area contributed by atoms with Gasteiger partial charge in [-0.05, 0) is 47.7 Å². The quantitative estimate of drug-likeness (QED) is 0.552. The summed E-state index contributed by atoms with van der Waals surface area (Å²) in [6.45, 7) is 0. The predicted octanol–water partition coefficient (Wildman–Crippen LogP) is 5.37. The number of allylic oxidation sites excluding steroid dienone is 2. The van der Waals surface area contributed by atoms with E-state index in [0.717, 1.165) is 10.2 Å². The Morgan fingerprint density at radius 3 is 2.58 bits per heavy atom. The second-order valence-electron chi connectivity index (χ2n) is 7.98. The van der Waals surface area contributed by atoms with E-state index in [1.54, 1.807) is 31.4 Å². The van der Waals surface area contributed by atoms with E-state index in [4.69, 9.17) is 16.3 Å². The number of rotatable bonds is 3. The van der Waals surface area contributed by atoms with Gasteiger partial charge in [0, 0.05) is 22.7 Å². The molecular weight excluding hydrogens is 457 g/mol. The lowest BCUT2D eigenvalue weighted by Gasteiger charge is -2.35. The summed E-state index contributed by atoms with van der Waals surface area (Å²) in [6.07, 6.45) is -4.06. The molecule has 2 atom stereocenters. The first-order valence-electron chi connectivity index (χ1n) is 10.2. The van der Waals surface area contributed by atoms with Gasteiger partial charge in [-0.25, -0.2) is 4.68 Å². The molecule has 33 heavy (non-hydrogen) atoms. The minimum atomic E-state index is -4.72. The number of Topliss-reactive ketones (excluding diaryl/α,β-unsaturated/α-hetero) is 1. The van der Waals surface area contributed by atoms with E-state index in [9.17, 15) is 18.0 Å². The third-order valence-electron chi connectivity index (χ3n) is 5.92. The summed E-state index contributed by atoms with van der Waals surface area (Å²) in [5, 5.41) is 7.14. The van der Waals surface area contributed by atoms with E-state index in [-0.39, 0.29) is 24.1 Å². The first kappa shape index (κ1) is 21.5. The number of fused-ring (bicyclic) bond motifs is 1. The highest BCUT2D eigenvalue weighted by molar-refractivity contribution is 6.30. The van der Waals surface area contributed by atoms with Gasteiger partial charge >= 0.3 is 6.18 Å². The Bertz CT molecular complexity index is 1270. The van der Waals surface area contributed by atoms with Crippen LogP contribution in [-0.2, 0) is 11.0 Å². The smallest absolute Gasteiger partial charge is 0.453 e. The van der Waals surface area contributed by atoms with Crippen LogP contribution >= 0.6 is 11.6 Å². The Labute approximate surface area is 192 Å². The number of methoxy groups -OCH3 is 1. The van der Waals surface area contributed by atoms with E-state index < -0.39 is 18.0 Å². The first-order valence-corrected chi connectivity index (χ1v) is 10.6. The minimum absolute atomic E-state index is 0.0554. The van der Waals surface area contributed by atoms with Crippen molar-refractivity contribution in [3.8, 4) is 5.75 Å². The third kappa shape index (κ3) is 3.86. The van der Waals surface area contributed by atoms with Crippen molar-refractivity contribution in [3.63, 3.8) is 0 Å². The summed E-state index contributed by atoms with van der Waals surface area (Å²) in [4.78, 5) is 17.1. The Balaban J connectivity index is 1.61. The van der Waals surface area contributed by atoms with Crippen molar-refractivity contribution in [1.82, 2.24) is 14.8 Å². The summed E-state index contributed by atoms with van der Waals surface area (Å²) in [5.41, 5.74) is 2.46. The van der Waals surface area contributed by atoms with E-state index in [1.807, 2.05) is 24.3 Å². The summed E-state index contributed by atoms with van der Waals surface area (Å²) in [5.74, 6) is -0.960. The van der Waals surface area contributed by atoms with Gasteiger partial charge in [-0.1, -0.05) is 35.9 Å². The normalized spacial score (nSPS) is 20.2. The second kappa shape index (κ2) is 7.91. The number of aromatic nitrogens is 3. The molecule has 0 bridgehead atoms. The lowest BCUT2D eigenvalue weighted by atomic mass is 9.78. The number of hydrogen-bond donors (Lipinski definition) is 1. The van der Waals surface area contributed by atoms with Crippen molar-refractivity contribution in [3.05, 3.63) is 81.8 Å². The molecule has 1 N–H and O–H groups in total. The molecule has 170 valence electrons. The molecule has 2 aliphatic rings. The van der Waals surface area contributed by atoms with Gasteiger partial charge in [0.25, 0.3) is 5.82 Å². The average molecular weight is 475 g/mol. The molecule has 0 amide bonds. The number of benzene rings is 2. The number of alkyl halides is 3. The molecule has 3 aromatic rings. The van der Waals surface area contributed by atoms with Crippen LogP contribution in [0.2, 0.25) is 5.02 Å². The maximum atomic E-state index is 13.4. The molecule has 0 fully saturated rings. The van der Waals surface area contributed by atoms with Crippen molar-refractivity contribution in [1.29, 1.82) is 0 Å². The molecule has 10 heteroatoms. The molecular formula is C23H18ClF3N4O2. The van der Waals surface area contributed by atoms with Crippen molar-refractivity contribution in [2.75, 3.05) is 12.4 Å². The molecule has 0 unspecified atom stereocenters. The molecule has 0 radical (unpaired) electrons. The SMILES string of the molecule is COc1cccc([C@@H]2CC(=O)C3=C(C2)Nc2nc(C(F)(F)F)nn2[C@H]3c2ccc(Cl)cc2)c1. The zero-order valence-electron chi connectivity index (χ0n) is 17.4. The molecule has 0 saturated heterocycles. The van der Waals surface area contributed by atoms with Gasteiger partial charge in [0.15, 0.2) is 5.78 Å². The number of anilines is 1. The Hall–Kier alpha value is -3.33. The van der Waals surface area contributed by atoms with Crippen LogP contribution < -0.4 is 10.1 Å². The fraction of sp³-hybridized carbons (Fsp3) is 0.261. The highest BCUT2D eigenvalue weighted by Gasteiger charge is 2.43. The van der Waals surface area contributed by atoms with Crippen LogP contribution in [-0.4, -0.2) is 27.7 Å². The zero-order chi connectivity index (χ0) is 23.3. The van der Waals surface area contributed by atoms with Gasteiger partial charge < -0.3 is 10.1 Å². The number of carbonyl (C=O) groups is 1. The van der Waals surface area contributed by atoms with Gasteiger partial charge in [0.05, 0.1) is 7.11 Å². The van der Waals surface area contributed by atoms with Gasteiger partial charge in [-0.2, -0.15) is 18.2 Å². The highest BCUT2D eigenvalue weighted by Crippen LogP contribution is 2.45. The number of nitrogens with one attached hydrogen (secondary N) is 1. The maximum Gasteiger partial charge on any atom is 0.453 e. The number of ether oxygens (including phenoxy) is 1. The lowest BCUT2D eigenvalue weighted by molar-refractivity contribution is -0.145. The molecule has 2 aromatic carbocycles. The summed E-state index contributed by atoms with van der Waals surface area (Å²) in [7, 11) is 1.57.